The van der Waals surface area contributed by atoms with Gasteiger partial charge in [0.2, 0.25) is 4.80 Å². The second-order valence-electron chi connectivity index (χ2n) is 4.67. The number of hydrogen-bond donors (Lipinski definition) is 2. The minimum Gasteiger partial charge on any atom is -0.279 e. The first kappa shape index (κ1) is 17.3. The van der Waals surface area contributed by atoms with Crippen molar-refractivity contribution in [2.24, 2.45) is 5.10 Å². The van der Waals surface area contributed by atoms with Crippen LogP contribution < -0.4 is 10.2 Å². The lowest BCUT2D eigenvalue weighted by molar-refractivity contribution is -0.387. The number of aromatic nitrogens is 1. The van der Waals surface area contributed by atoms with E-state index >= 15 is 0 Å². The molecule has 0 aliphatic rings. The molecule has 1 heterocycles. The molecule has 0 saturated carbocycles. The van der Waals surface area contributed by atoms with Gasteiger partial charge in [-0.1, -0.05) is 36.0 Å². The average molecular weight is 389 g/mol. The van der Waals surface area contributed by atoms with Crippen molar-refractivity contribution < 1.29 is 4.92 Å². The molecule has 2 N–H and O–H groups in total. The third kappa shape index (κ3) is 4.72. The van der Waals surface area contributed by atoms with E-state index in [-0.39, 0.29) is 10.5 Å². The lowest BCUT2D eigenvalue weighted by atomic mass is 10.2. The van der Waals surface area contributed by atoms with Gasteiger partial charge in [0.05, 0.1) is 21.7 Å². The van der Waals surface area contributed by atoms with Gasteiger partial charge >= 0.3 is 0 Å². The summed E-state index contributed by atoms with van der Waals surface area (Å²) in [5.41, 5.74) is 4.30. The second kappa shape index (κ2) is 8.01. The number of nitrogens with one attached hydrogen (secondary N) is 2. The molecule has 7 nitrogen and oxygen atoms in total. The van der Waals surface area contributed by atoms with Crippen molar-refractivity contribution in [2.45, 2.75) is 9.24 Å². The summed E-state index contributed by atoms with van der Waals surface area (Å²) >= 11 is 1.19. The smallest absolute Gasteiger partial charge is 0.279 e. The van der Waals surface area contributed by atoms with Gasteiger partial charge in [-0.05, 0) is 38.9 Å². The van der Waals surface area contributed by atoms with Crippen LogP contribution in [0.2, 0.25) is 0 Å². The van der Waals surface area contributed by atoms with Crippen LogP contribution in [0, 0.1) is 15.5 Å². The summed E-state index contributed by atoms with van der Waals surface area (Å²) < 4.78 is 0.616. The van der Waals surface area contributed by atoms with Gasteiger partial charge in [0.25, 0.3) is 5.69 Å². The van der Waals surface area contributed by atoms with E-state index in [0.717, 1.165) is 5.69 Å². The molecule has 3 rings (SSSR count). The molecule has 0 aliphatic carbocycles. The van der Waals surface area contributed by atoms with E-state index in [2.05, 4.69) is 15.5 Å². The van der Waals surface area contributed by atoms with E-state index in [1.165, 1.54) is 44.7 Å². The molecular weight excluding hydrogens is 378 g/mol. The SMILES string of the molecule is N=c1nc(Sc2ccc(/C=N\Nc3ccccc3)cc2[N+](=O)[O-])ss1. The molecule has 0 bridgehead atoms. The van der Waals surface area contributed by atoms with Crippen molar-refractivity contribution in [3.63, 3.8) is 0 Å². The quantitative estimate of drug-likeness (QED) is 0.285. The molecule has 0 saturated heterocycles. The topological polar surface area (TPSA) is 104 Å². The number of rotatable bonds is 6. The second-order valence-corrected chi connectivity index (χ2v) is 8.07. The zero-order valence-electron chi connectivity index (χ0n) is 12.6. The van der Waals surface area contributed by atoms with Gasteiger partial charge in [-0.15, -0.1) is 0 Å². The van der Waals surface area contributed by atoms with Gasteiger partial charge < -0.3 is 0 Å². The number of nitro benzene ring substituents is 1. The summed E-state index contributed by atoms with van der Waals surface area (Å²) in [7, 11) is 2.55. The Morgan fingerprint density at radius 1 is 1.24 bits per heavy atom. The number of nitro groups is 1. The van der Waals surface area contributed by atoms with Crippen molar-refractivity contribution in [1.82, 2.24) is 4.98 Å². The fraction of sp³-hybridized carbons (Fsp3) is 0. The van der Waals surface area contributed by atoms with Crippen molar-refractivity contribution >= 4 is 50.0 Å². The predicted octanol–water partition coefficient (Wildman–Crippen LogP) is 4.19. The van der Waals surface area contributed by atoms with Gasteiger partial charge in [0.15, 0.2) is 4.34 Å². The normalized spacial score (nSPS) is 10.9. The Morgan fingerprint density at radius 3 is 2.72 bits per heavy atom. The first-order chi connectivity index (χ1) is 12.1. The molecule has 3 aromatic rings. The summed E-state index contributed by atoms with van der Waals surface area (Å²) in [6.07, 6.45) is 1.53. The Balaban J connectivity index is 1.78. The number of para-hydroxylation sites is 1. The number of benzene rings is 2. The molecule has 0 radical (unpaired) electrons. The molecule has 0 aliphatic heterocycles. The number of hydrogen-bond acceptors (Lipinski definition) is 9. The zero-order valence-corrected chi connectivity index (χ0v) is 15.0. The molecule has 0 unspecified atom stereocenters. The van der Waals surface area contributed by atoms with Crippen LogP contribution in [0.15, 0.2) is 62.9 Å². The predicted molar refractivity (Wildman–Crippen MR) is 101 cm³/mol. The van der Waals surface area contributed by atoms with E-state index in [4.69, 9.17) is 5.41 Å². The van der Waals surface area contributed by atoms with Crippen molar-refractivity contribution in [2.75, 3.05) is 5.43 Å². The monoisotopic (exact) mass is 389 g/mol. The van der Waals surface area contributed by atoms with Gasteiger partial charge in [0.1, 0.15) is 0 Å². The number of nitrogens with zero attached hydrogens (tertiary/aromatic N) is 3. The van der Waals surface area contributed by atoms with Crippen LogP contribution in [0.25, 0.3) is 0 Å². The van der Waals surface area contributed by atoms with E-state index < -0.39 is 4.92 Å². The van der Waals surface area contributed by atoms with E-state index in [1.807, 2.05) is 30.3 Å². The van der Waals surface area contributed by atoms with E-state index in [1.54, 1.807) is 12.1 Å². The minimum absolute atomic E-state index is 0.0135. The van der Waals surface area contributed by atoms with Crippen LogP contribution in [0.1, 0.15) is 5.56 Å². The maximum atomic E-state index is 11.3. The Labute approximate surface area is 154 Å². The lowest BCUT2D eigenvalue weighted by Crippen LogP contribution is -1.95. The molecule has 10 heteroatoms. The molecule has 0 spiro atoms. The van der Waals surface area contributed by atoms with Crippen LogP contribution >= 0.6 is 32.4 Å². The highest BCUT2D eigenvalue weighted by molar-refractivity contribution is 8.02. The highest BCUT2D eigenvalue weighted by Crippen LogP contribution is 2.36. The Morgan fingerprint density at radius 2 is 2.04 bits per heavy atom. The Hall–Kier alpha value is -2.56. The van der Waals surface area contributed by atoms with Gasteiger partial charge in [0, 0.05) is 11.6 Å². The van der Waals surface area contributed by atoms with Crippen molar-refractivity contribution in [1.29, 1.82) is 5.41 Å². The highest BCUT2D eigenvalue weighted by Gasteiger charge is 2.16. The third-order valence-corrected chi connectivity index (χ3v) is 6.35. The molecule has 0 amide bonds. The fourth-order valence-electron chi connectivity index (χ4n) is 1.87. The van der Waals surface area contributed by atoms with Crippen molar-refractivity contribution in [3.05, 3.63) is 69.0 Å². The molecular formula is C15H11N5O2S3. The fourth-order valence-corrected chi connectivity index (χ4v) is 4.78. The molecule has 0 fully saturated rings. The van der Waals surface area contributed by atoms with Gasteiger partial charge in [-0.2, -0.15) is 5.10 Å². The van der Waals surface area contributed by atoms with Crippen molar-refractivity contribution in [3.8, 4) is 0 Å². The van der Waals surface area contributed by atoms with Crippen LogP contribution in [-0.4, -0.2) is 16.1 Å². The summed E-state index contributed by atoms with van der Waals surface area (Å²) in [5, 5.41) is 22.9. The average Bonchev–Trinajstić information content (AvgIpc) is 3.02. The molecule has 126 valence electrons. The number of anilines is 1. The zero-order chi connectivity index (χ0) is 17.6. The van der Waals surface area contributed by atoms with Gasteiger partial charge in [-0.3, -0.25) is 20.9 Å². The molecule has 1 aromatic heterocycles. The van der Waals surface area contributed by atoms with E-state index in [0.29, 0.717) is 14.8 Å². The summed E-state index contributed by atoms with van der Waals surface area (Å²) in [5.74, 6) is 0. The first-order valence-electron chi connectivity index (χ1n) is 6.94. The summed E-state index contributed by atoms with van der Waals surface area (Å²) in [6, 6.07) is 14.3. The van der Waals surface area contributed by atoms with Crippen LogP contribution in [0.5, 0.6) is 0 Å². The minimum atomic E-state index is -0.428. The Kier molecular flexibility index (Phi) is 5.53. The molecule has 2 aromatic carbocycles. The number of hydrazone groups is 1. The Bertz CT molecular complexity index is 969. The molecule has 25 heavy (non-hydrogen) atoms. The largest absolute Gasteiger partial charge is 0.283 e. The lowest BCUT2D eigenvalue weighted by Gasteiger charge is -2.02. The standard InChI is InChI=1S/C15H11N5O2S3/c16-14-18-15(25-24-14)23-13-7-6-10(8-12(13)20(21)22)9-17-19-11-4-2-1-3-5-11/h1-9,16,19H/b16-14?,17-9-. The van der Waals surface area contributed by atoms with Crippen LogP contribution in [-0.2, 0) is 0 Å². The maximum Gasteiger partial charge on any atom is 0.283 e. The first-order valence-corrected chi connectivity index (χ1v) is 9.90. The summed E-state index contributed by atoms with van der Waals surface area (Å²) in [6.45, 7) is 0. The molecule has 0 atom stereocenters. The van der Waals surface area contributed by atoms with Crippen LogP contribution in [0.3, 0.4) is 0 Å². The summed E-state index contributed by atoms with van der Waals surface area (Å²) in [4.78, 5) is 15.6. The van der Waals surface area contributed by atoms with Crippen LogP contribution in [0.4, 0.5) is 11.4 Å². The highest BCUT2D eigenvalue weighted by atomic mass is 32.9. The van der Waals surface area contributed by atoms with E-state index in [9.17, 15) is 10.1 Å². The third-order valence-electron chi connectivity index (χ3n) is 2.94. The van der Waals surface area contributed by atoms with Gasteiger partial charge in [-0.25, -0.2) is 4.98 Å². The maximum absolute atomic E-state index is 11.3.